The summed E-state index contributed by atoms with van der Waals surface area (Å²) in [7, 11) is 1.81. The van der Waals surface area contributed by atoms with Crippen molar-refractivity contribution in [3.05, 3.63) is 64.2 Å². The summed E-state index contributed by atoms with van der Waals surface area (Å²) in [5.41, 5.74) is 7.64. The maximum absolute atomic E-state index is 15.2. The number of benzene rings is 2. The Hall–Kier alpha value is -3.50. The highest BCUT2D eigenvalue weighted by Gasteiger charge is 2.28. The molecule has 9 nitrogen and oxygen atoms in total. The van der Waals surface area contributed by atoms with Crippen LogP contribution >= 0.6 is 0 Å². The number of hydrogen-bond donors (Lipinski definition) is 1. The van der Waals surface area contributed by atoms with Crippen molar-refractivity contribution in [3.63, 3.8) is 0 Å². The molecule has 0 spiro atoms. The highest BCUT2D eigenvalue weighted by atomic mass is 19.1. The van der Waals surface area contributed by atoms with Crippen LogP contribution in [0.5, 0.6) is 0 Å². The molecule has 0 aromatic heterocycles. The van der Waals surface area contributed by atoms with E-state index in [1.54, 1.807) is 28.6 Å². The molecule has 1 N–H and O–H groups in total. The van der Waals surface area contributed by atoms with E-state index in [0.29, 0.717) is 43.7 Å². The number of alkyl halides is 1. The van der Waals surface area contributed by atoms with Gasteiger partial charge in [0.05, 0.1) is 17.7 Å². The second-order valence-electron chi connectivity index (χ2n) is 9.10. The lowest BCUT2D eigenvalue weighted by Gasteiger charge is -2.35. The van der Waals surface area contributed by atoms with Gasteiger partial charge in [-0.15, -0.1) is 10.6 Å². The van der Waals surface area contributed by atoms with E-state index in [9.17, 15) is 9.59 Å². The van der Waals surface area contributed by atoms with Gasteiger partial charge >= 0.3 is 5.97 Å². The van der Waals surface area contributed by atoms with E-state index in [2.05, 4.69) is 15.5 Å². The predicted octanol–water partition coefficient (Wildman–Crippen LogP) is 2.18. The molecule has 3 heterocycles. The molecule has 35 heavy (non-hydrogen) atoms. The molecule has 3 aliphatic heterocycles. The zero-order chi connectivity index (χ0) is 24.5. The maximum Gasteiger partial charge on any atom is 0.338 e. The fourth-order valence-corrected chi connectivity index (χ4v) is 4.73. The van der Waals surface area contributed by atoms with Gasteiger partial charge in [0.2, 0.25) is 5.91 Å². The van der Waals surface area contributed by atoms with Crippen molar-refractivity contribution in [2.75, 3.05) is 44.8 Å². The molecule has 0 aliphatic carbocycles. The van der Waals surface area contributed by atoms with Crippen molar-refractivity contribution >= 4 is 23.9 Å². The van der Waals surface area contributed by atoms with Crippen LogP contribution in [-0.4, -0.2) is 72.9 Å². The smallest absolute Gasteiger partial charge is 0.338 e. The Balaban J connectivity index is 1.11. The third-order valence-electron chi connectivity index (χ3n) is 6.85. The monoisotopic (exact) mass is 480 g/mol. The zero-order valence-electron chi connectivity index (χ0n) is 19.9. The number of esters is 1. The molecule has 10 heteroatoms. The van der Waals surface area contributed by atoms with Gasteiger partial charge in [-0.05, 0) is 41.8 Å². The lowest BCUT2D eigenvalue weighted by Crippen LogP contribution is -2.49. The standard InChI is InChI=1S/C25H29FN6O3/c1-17-20(7-8-21-22(17)15-35-25(21)34)23(26)14-30-9-11-31(12-10-30)24(33)13-18-3-5-19(6-4-18)32-16-27-29(2)28-32/h3-8,16,23,28H,9-15H2,1-2H3. The van der Waals surface area contributed by atoms with Crippen LogP contribution in [-0.2, 0) is 22.6 Å². The van der Waals surface area contributed by atoms with Gasteiger partial charge in [0.1, 0.15) is 19.1 Å². The van der Waals surface area contributed by atoms with Gasteiger partial charge in [-0.2, -0.15) is 0 Å². The summed E-state index contributed by atoms with van der Waals surface area (Å²) in [6.07, 6.45) is 0.859. The highest BCUT2D eigenvalue weighted by molar-refractivity contribution is 5.94. The molecule has 0 radical (unpaired) electrons. The van der Waals surface area contributed by atoms with Gasteiger partial charge in [0.25, 0.3) is 0 Å². The molecule has 0 saturated carbocycles. The number of cyclic esters (lactones) is 1. The molecule has 1 fully saturated rings. The summed E-state index contributed by atoms with van der Waals surface area (Å²) < 4.78 is 20.3. The largest absolute Gasteiger partial charge is 0.457 e. The fraction of sp³-hybridized carbons (Fsp3) is 0.400. The molecule has 3 aliphatic rings. The van der Waals surface area contributed by atoms with Crippen LogP contribution < -0.4 is 10.5 Å². The second-order valence-corrected chi connectivity index (χ2v) is 9.10. The van der Waals surface area contributed by atoms with E-state index in [1.807, 2.05) is 43.1 Å². The first-order valence-corrected chi connectivity index (χ1v) is 11.7. The second kappa shape index (κ2) is 9.63. The number of amides is 1. The number of fused-ring (bicyclic) bond motifs is 1. The number of carbonyl (C=O) groups excluding carboxylic acids is 2. The summed E-state index contributed by atoms with van der Waals surface area (Å²) in [6.45, 7) is 4.74. The summed E-state index contributed by atoms with van der Waals surface area (Å²) in [4.78, 5) is 28.5. The fourth-order valence-electron chi connectivity index (χ4n) is 4.73. The van der Waals surface area contributed by atoms with E-state index < -0.39 is 6.17 Å². The molecule has 0 bridgehead atoms. The van der Waals surface area contributed by atoms with Gasteiger partial charge in [-0.25, -0.2) is 19.3 Å². The van der Waals surface area contributed by atoms with Gasteiger partial charge in [-0.1, -0.05) is 18.2 Å². The number of hydrazone groups is 1. The average Bonchev–Trinajstić information content (AvgIpc) is 3.46. The van der Waals surface area contributed by atoms with E-state index >= 15 is 4.39 Å². The number of hydrazine groups is 2. The van der Waals surface area contributed by atoms with Crippen LogP contribution in [0.1, 0.15) is 38.8 Å². The van der Waals surface area contributed by atoms with Crippen molar-refractivity contribution in [1.29, 1.82) is 0 Å². The Bertz CT molecular complexity index is 1150. The van der Waals surface area contributed by atoms with Crippen molar-refractivity contribution in [1.82, 2.24) is 20.5 Å². The quantitative estimate of drug-likeness (QED) is 0.635. The number of rotatable bonds is 6. The Morgan fingerprint density at radius 3 is 2.57 bits per heavy atom. The van der Waals surface area contributed by atoms with Crippen LogP contribution in [0.4, 0.5) is 10.1 Å². The Labute approximate surface area is 203 Å². The summed E-state index contributed by atoms with van der Waals surface area (Å²) in [5.74, 6) is -0.262. The van der Waals surface area contributed by atoms with Crippen LogP contribution in [0, 0.1) is 6.92 Å². The topological polar surface area (TPSA) is 80.7 Å². The van der Waals surface area contributed by atoms with Crippen LogP contribution in [0.2, 0.25) is 0 Å². The Morgan fingerprint density at radius 1 is 1.14 bits per heavy atom. The van der Waals surface area contributed by atoms with Gasteiger partial charge < -0.3 is 9.64 Å². The molecule has 1 saturated heterocycles. The first-order chi connectivity index (χ1) is 16.9. The molecular formula is C25H29FN6O3. The van der Waals surface area contributed by atoms with Gasteiger partial charge in [0, 0.05) is 45.3 Å². The minimum absolute atomic E-state index is 0.0777. The molecule has 5 rings (SSSR count). The Morgan fingerprint density at radius 2 is 1.89 bits per heavy atom. The lowest BCUT2D eigenvalue weighted by molar-refractivity contribution is -0.132. The predicted molar refractivity (Wildman–Crippen MR) is 129 cm³/mol. The van der Waals surface area contributed by atoms with Crippen molar-refractivity contribution in [3.8, 4) is 0 Å². The van der Waals surface area contributed by atoms with Crippen LogP contribution in [0.25, 0.3) is 0 Å². The number of ether oxygens (including phenoxy) is 1. The number of nitrogens with zero attached hydrogens (tertiary/aromatic N) is 5. The van der Waals surface area contributed by atoms with E-state index in [0.717, 1.165) is 22.4 Å². The zero-order valence-corrected chi connectivity index (χ0v) is 19.9. The van der Waals surface area contributed by atoms with E-state index in [-0.39, 0.29) is 25.0 Å². The van der Waals surface area contributed by atoms with Crippen molar-refractivity contribution in [2.45, 2.75) is 26.1 Å². The van der Waals surface area contributed by atoms with Crippen LogP contribution in [0.15, 0.2) is 41.5 Å². The average molecular weight is 481 g/mol. The highest BCUT2D eigenvalue weighted by Crippen LogP contribution is 2.31. The minimum Gasteiger partial charge on any atom is -0.457 e. The number of piperazine rings is 1. The summed E-state index contributed by atoms with van der Waals surface area (Å²) >= 11 is 0. The minimum atomic E-state index is -1.16. The maximum atomic E-state index is 15.2. The van der Waals surface area contributed by atoms with E-state index in [1.165, 1.54) is 0 Å². The molecule has 184 valence electrons. The molecule has 1 amide bonds. The molecular weight excluding hydrogens is 451 g/mol. The van der Waals surface area contributed by atoms with E-state index in [4.69, 9.17) is 4.74 Å². The summed E-state index contributed by atoms with van der Waals surface area (Å²) in [6, 6.07) is 11.1. The SMILES string of the molecule is Cc1c(C(F)CN2CCN(C(=O)Cc3ccc(N4C=NN(C)N4)cc3)CC2)ccc2c1COC2=O. The number of carbonyl (C=O) groups is 2. The van der Waals surface area contributed by atoms with Crippen LogP contribution in [0.3, 0.4) is 0 Å². The van der Waals surface area contributed by atoms with Crippen molar-refractivity contribution < 1.29 is 18.7 Å². The number of nitrogens with one attached hydrogen (secondary N) is 1. The number of hydrogen-bond acceptors (Lipinski definition) is 8. The van der Waals surface area contributed by atoms with Crippen molar-refractivity contribution in [2.24, 2.45) is 5.10 Å². The Kier molecular flexibility index (Phi) is 6.40. The third-order valence-corrected chi connectivity index (χ3v) is 6.85. The molecule has 1 unspecified atom stereocenters. The summed E-state index contributed by atoms with van der Waals surface area (Å²) in [5, 5.41) is 7.50. The normalized spacial score (nSPS) is 18.7. The molecule has 2 aromatic rings. The molecule has 1 atom stereocenters. The third kappa shape index (κ3) is 4.85. The van der Waals surface area contributed by atoms with Gasteiger partial charge in [-0.3, -0.25) is 9.69 Å². The molecule has 2 aromatic carbocycles. The lowest BCUT2D eigenvalue weighted by atomic mass is 9.95. The first-order valence-electron chi connectivity index (χ1n) is 11.7. The number of halogens is 1. The first kappa shape index (κ1) is 23.3. The number of anilines is 1. The van der Waals surface area contributed by atoms with Gasteiger partial charge in [0.15, 0.2) is 0 Å².